The van der Waals surface area contributed by atoms with Crippen molar-refractivity contribution in [3.63, 3.8) is 0 Å². The molecule has 0 aliphatic carbocycles. The molecule has 0 spiro atoms. The molecule has 5 nitrogen and oxygen atoms in total. The number of hydrogen-bond donors (Lipinski definition) is 0. The Kier molecular flexibility index (Phi) is 3.46. The maximum absolute atomic E-state index is 6.11. The number of aryl methyl sites for hydroxylation is 2. The summed E-state index contributed by atoms with van der Waals surface area (Å²) in [6.45, 7) is 3.79. The van der Waals surface area contributed by atoms with Crippen molar-refractivity contribution in [3.05, 3.63) is 66.5 Å². The minimum Gasteiger partial charge on any atom is -0.453 e. The number of ether oxygens (including phenoxy) is 1. The first-order valence-electron chi connectivity index (χ1n) is 7.62. The van der Waals surface area contributed by atoms with Crippen molar-refractivity contribution in [2.24, 2.45) is 0 Å². The number of para-hydroxylation sites is 1. The van der Waals surface area contributed by atoms with Gasteiger partial charge in [-0.1, -0.05) is 18.2 Å². The Labute approximate surface area is 139 Å². The average Bonchev–Trinajstić information content (AvgIpc) is 2.94. The molecular weight excluding hydrogens is 302 g/mol. The van der Waals surface area contributed by atoms with E-state index in [0.29, 0.717) is 17.1 Å². The summed E-state index contributed by atoms with van der Waals surface area (Å²) in [4.78, 5) is 12.9. The lowest BCUT2D eigenvalue weighted by Crippen LogP contribution is -1.94. The highest BCUT2D eigenvalue weighted by molar-refractivity contribution is 5.91. The quantitative estimate of drug-likeness (QED) is 0.548. The van der Waals surface area contributed by atoms with E-state index >= 15 is 0 Å². The molecule has 4 aromatic rings. The van der Waals surface area contributed by atoms with Gasteiger partial charge in [-0.2, -0.15) is 0 Å². The number of pyridine rings is 1. The second kappa shape index (κ2) is 5.77. The van der Waals surface area contributed by atoms with Crippen LogP contribution in [0.2, 0.25) is 0 Å². The third kappa shape index (κ3) is 2.50. The van der Waals surface area contributed by atoms with Gasteiger partial charge in [0.1, 0.15) is 17.2 Å². The molecule has 3 aromatic heterocycles. The third-order valence-corrected chi connectivity index (χ3v) is 3.75. The summed E-state index contributed by atoms with van der Waals surface area (Å²) in [6, 6.07) is 11.4. The van der Waals surface area contributed by atoms with Gasteiger partial charge in [-0.05, 0) is 32.0 Å². The monoisotopic (exact) mass is 317 g/mol. The van der Waals surface area contributed by atoms with Gasteiger partial charge < -0.3 is 9.15 Å². The summed E-state index contributed by atoms with van der Waals surface area (Å²) in [7, 11) is 0. The van der Waals surface area contributed by atoms with Gasteiger partial charge in [0.15, 0.2) is 11.5 Å². The van der Waals surface area contributed by atoms with Crippen LogP contribution >= 0.6 is 0 Å². The summed E-state index contributed by atoms with van der Waals surface area (Å²) < 4.78 is 12.1. The topological polar surface area (TPSA) is 61.0 Å². The van der Waals surface area contributed by atoms with Crippen molar-refractivity contribution in [3.8, 4) is 22.8 Å². The van der Waals surface area contributed by atoms with Crippen LogP contribution in [0.15, 0.2) is 59.4 Å². The molecule has 0 aliphatic heterocycles. The largest absolute Gasteiger partial charge is 0.453 e. The SMILES string of the molecule is Cc1ncc(-c2oc3ccncc3c2Oc2ccccc2)c(C)n1. The summed E-state index contributed by atoms with van der Waals surface area (Å²) >= 11 is 0. The molecule has 0 radical (unpaired) electrons. The normalized spacial score (nSPS) is 10.9. The minimum atomic E-state index is 0.611. The van der Waals surface area contributed by atoms with E-state index in [1.54, 1.807) is 18.6 Å². The highest BCUT2D eigenvalue weighted by atomic mass is 16.5. The zero-order valence-electron chi connectivity index (χ0n) is 13.4. The Hall–Kier alpha value is -3.21. The summed E-state index contributed by atoms with van der Waals surface area (Å²) in [5, 5.41) is 0.816. The van der Waals surface area contributed by atoms with Gasteiger partial charge in [0.05, 0.1) is 16.6 Å². The fourth-order valence-corrected chi connectivity index (χ4v) is 2.61. The molecule has 0 N–H and O–H groups in total. The Balaban J connectivity index is 1.93. The summed E-state index contributed by atoms with van der Waals surface area (Å²) in [6.07, 6.45) is 5.20. The molecule has 5 heteroatoms. The van der Waals surface area contributed by atoms with Gasteiger partial charge in [0.2, 0.25) is 0 Å². The standard InChI is InChI=1S/C19H15N3O2/c1-12-15(11-21-13(2)22-12)18-19(23-14-6-4-3-5-7-14)16-10-20-9-8-17(16)24-18/h3-11H,1-2H3. The van der Waals surface area contributed by atoms with Crippen LogP contribution in [0.25, 0.3) is 22.3 Å². The first-order chi connectivity index (χ1) is 11.7. The van der Waals surface area contributed by atoms with Gasteiger partial charge in [0.25, 0.3) is 0 Å². The molecule has 118 valence electrons. The van der Waals surface area contributed by atoms with Crippen LogP contribution < -0.4 is 4.74 Å². The van der Waals surface area contributed by atoms with Crippen LogP contribution in [0.3, 0.4) is 0 Å². The Morgan fingerprint density at radius 2 is 1.83 bits per heavy atom. The van der Waals surface area contributed by atoms with Crippen molar-refractivity contribution < 1.29 is 9.15 Å². The predicted molar refractivity (Wildman–Crippen MR) is 91.0 cm³/mol. The lowest BCUT2D eigenvalue weighted by atomic mass is 10.1. The van der Waals surface area contributed by atoms with Crippen LogP contribution in [0.5, 0.6) is 11.5 Å². The number of fused-ring (bicyclic) bond motifs is 1. The lowest BCUT2D eigenvalue weighted by Gasteiger charge is -2.08. The second-order valence-corrected chi connectivity index (χ2v) is 5.46. The van der Waals surface area contributed by atoms with Crippen molar-refractivity contribution >= 4 is 11.0 Å². The molecule has 4 rings (SSSR count). The highest BCUT2D eigenvalue weighted by Crippen LogP contribution is 2.42. The fraction of sp³-hybridized carbons (Fsp3) is 0.105. The van der Waals surface area contributed by atoms with Crippen LogP contribution in [-0.4, -0.2) is 15.0 Å². The zero-order valence-corrected chi connectivity index (χ0v) is 13.4. The maximum atomic E-state index is 6.11. The van der Waals surface area contributed by atoms with E-state index in [9.17, 15) is 0 Å². The molecule has 0 aliphatic rings. The third-order valence-electron chi connectivity index (χ3n) is 3.75. The van der Waals surface area contributed by atoms with Crippen molar-refractivity contribution in [2.45, 2.75) is 13.8 Å². The van der Waals surface area contributed by atoms with E-state index in [4.69, 9.17) is 9.15 Å². The van der Waals surface area contributed by atoms with Gasteiger partial charge in [-0.15, -0.1) is 0 Å². The summed E-state index contributed by atoms with van der Waals surface area (Å²) in [5.74, 6) is 2.69. The predicted octanol–water partition coefficient (Wildman–Crippen LogP) is 4.69. The smallest absolute Gasteiger partial charge is 0.183 e. The lowest BCUT2D eigenvalue weighted by molar-refractivity contribution is 0.477. The molecule has 0 unspecified atom stereocenters. The van der Waals surface area contributed by atoms with Gasteiger partial charge >= 0.3 is 0 Å². The molecule has 0 saturated heterocycles. The van der Waals surface area contributed by atoms with Crippen LogP contribution in [0.1, 0.15) is 11.5 Å². The van der Waals surface area contributed by atoms with Crippen molar-refractivity contribution in [1.29, 1.82) is 0 Å². The zero-order chi connectivity index (χ0) is 16.5. The van der Waals surface area contributed by atoms with Crippen LogP contribution in [0.4, 0.5) is 0 Å². The Morgan fingerprint density at radius 1 is 1.00 bits per heavy atom. The first-order valence-corrected chi connectivity index (χ1v) is 7.62. The number of aromatic nitrogens is 3. The van der Waals surface area contributed by atoms with Gasteiger partial charge in [-0.25, -0.2) is 9.97 Å². The van der Waals surface area contributed by atoms with Crippen LogP contribution in [0, 0.1) is 13.8 Å². The number of hydrogen-bond acceptors (Lipinski definition) is 5. The van der Waals surface area contributed by atoms with Gasteiger partial charge in [0, 0.05) is 18.6 Å². The number of furan rings is 1. The average molecular weight is 317 g/mol. The maximum Gasteiger partial charge on any atom is 0.183 e. The molecule has 1 aromatic carbocycles. The Morgan fingerprint density at radius 3 is 2.62 bits per heavy atom. The van der Waals surface area contributed by atoms with E-state index in [1.165, 1.54) is 0 Å². The second-order valence-electron chi connectivity index (χ2n) is 5.46. The van der Waals surface area contributed by atoms with E-state index in [1.807, 2.05) is 50.2 Å². The van der Waals surface area contributed by atoms with E-state index in [2.05, 4.69) is 15.0 Å². The number of rotatable bonds is 3. The minimum absolute atomic E-state index is 0.611. The molecule has 0 bridgehead atoms. The molecule has 0 saturated carbocycles. The molecule has 24 heavy (non-hydrogen) atoms. The summed E-state index contributed by atoms with van der Waals surface area (Å²) in [5.41, 5.74) is 2.36. The number of benzene rings is 1. The first kappa shape index (κ1) is 14.4. The molecule has 0 atom stereocenters. The molecule has 0 fully saturated rings. The van der Waals surface area contributed by atoms with Crippen LogP contribution in [-0.2, 0) is 0 Å². The highest BCUT2D eigenvalue weighted by Gasteiger charge is 2.20. The molecule has 0 amide bonds. The molecule has 3 heterocycles. The van der Waals surface area contributed by atoms with E-state index < -0.39 is 0 Å². The molecular formula is C19H15N3O2. The Bertz CT molecular complexity index is 1010. The van der Waals surface area contributed by atoms with Crippen molar-refractivity contribution in [2.75, 3.05) is 0 Å². The van der Waals surface area contributed by atoms with Gasteiger partial charge in [-0.3, -0.25) is 4.98 Å². The van der Waals surface area contributed by atoms with E-state index in [0.717, 1.165) is 28.2 Å². The number of nitrogens with zero attached hydrogens (tertiary/aromatic N) is 3. The van der Waals surface area contributed by atoms with Crippen molar-refractivity contribution in [1.82, 2.24) is 15.0 Å². The van der Waals surface area contributed by atoms with E-state index in [-0.39, 0.29) is 0 Å². The fourth-order valence-electron chi connectivity index (χ4n) is 2.61.